The lowest BCUT2D eigenvalue weighted by Gasteiger charge is -2.30. The molecule has 2 heterocycles. The molecule has 20 heavy (non-hydrogen) atoms. The Bertz CT molecular complexity index is 586. The topological polar surface area (TPSA) is 86.0 Å². The lowest BCUT2D eigenvalue weighted by molar-refractivity contribution is -0.156. The third-order valence-corrected chi connectivity index (χ3v) is 3.68. The van der Waals surface area contributed by atoms with Crippen molar-refractivity contribution in [2.45, 2.75) is 38.9 Å². The quantitative estimate of drug-likeness (QED) is 0.836. The molecule has 0 aromatic carbocycles. The first-order chi connectivity index (χ1) is 9.27. The number of carbonyl (C=O) groups is 1. The van der Waals surface area contributed by atoms with Crippen molar-refractivity contribution in [2.75, 3.05) is 7.11 Å². The average molecular weight is 282 g/mol. The predicted molar refractivity (Wildman–Crippen MR) is 69.5 cm³/mol. The van der Waals surface area contributed by atoms with E-state index in [2.05, 4.69) is 0 Å². The van der Waals surface area contributed by atoms with Gasteiger partial charge in [-0.3, -0.25) is 4.79 Å². The van der Waals surface area contributed by atoms with Crippen LogP contribution in [-0.4, -0.2) is 24.3 Å². The first-order valence-electron chi connectivity index (χ1n) is 6.38. The van der Waals surface area contributed by atoms with Crippen molar-refractivity contribution < 1.29 is 23.8 Å². The highest BCUT2D eigenvalue weighted by Crippen LogP contribution is 2.37. The Labute approximate surface area is 116 Å². The zero-order chi connectivity index (χ0) is 15.1. The maximum absolute atomic E-state index is 11.8. The van der Waals surface area contributed by atoms with Crippen molar-refractivity contribution in [3.05, 3.63) is 27.8 Å². The fourth-order valence-corrected chi connectivity index (χ4v) is 2.48. The smallest absolute Gasteiger partial charge is 0.342 e. The number of aliphatic hydroxyl groups is 1. The van der Waals surface area contributed by atoms with E-state index in [1.165, 1.54) is 20.1 Å². The molecule has 1 aromatic heterocycles. The standard InChI is InChI=1S/C14H18O6/c1-7-5-11(15)20-12(7)14(3,17)10-6-9(18-4)8(2)13(16)19-10/h6-7,12,17H,5H2,1-4H3/t7-,12+,14-/m0/s1. The molecular weight excluding hydrogens is 264 g/mol. The van der Waals surface area contributed by atoms with Gasteiger partial charge in [0.25, 0.3) is 0 Å². The number of ether oxygens (including phenoxy) is 2. The summed E-state index contributed by atoms with van der Waals surface area (Å²) < 4.78 is 15.4. The van der Waals surface area contributed by atoms with Crippen molar-refractivity contribution in [3.8, 4) is 5.75 Å². The summed E-state index contributed by atoms with van der Waals surface area (Å²) in [5.41, 5.74) is -1.86. The number of hydrogen-bond acceptors (Lipinski definition) is 6. The van der Waals surface area contributed by atoms with Gasteiger partial charge >= 0.3 is 11.6 Å². The van der Waals surface area contributed by atoms with Gasteiger partial charge in [0, 0.05) is 12.0 Å². The number of methoxy groups -OCH3 is 1. The van der Waals surface area contributed by atoms with Crippen LogP contribution in [0.2, 0.25) is 0 Å². The van der Waals surface area contributed by atoms with E-state index in [1.807, 2.05) is 0 Å². The lowest BCUT2D eigenvalue weighted by atomic mass is 9.87. The summed E-state index contributed by atoms with van der Waals surface area (Å²) in [5, 5.41) is 10.6. The molecule has 0 unspecified atom stereocenters. The molecule has 6 heteroatoms. The van der Waals surface area contributed by atoms with Crippen LogP contribution in [0.1, 0.15) is 31.6 Å². The Morgan fingerprint density at radius 2 is 2.10 bits per heavy atom. The fourth-order valence-electron chi connectivity index (χ4n) is 2.48. The maximum Gasteiger partial charge on any atom is 0.342 e. The molecule has 0 radical (unpaired) electrons. The van der Waals surface area contributed by atoms with Crippen LogP contribution in [0.4, 0.5) is 0 Å². The Kier molecular flexibility index (Phi) is 3.60. The lowest BCUT2D eigenvalue weighted by Crippen LogP contribution is -2.40. The zero-order valence-electron chi connectivity index (χ0n) is 11.9. The van der Waals surface area contributed by atoms with Gasteiger partial charge in [-0.2, -0.15) is 0 Å². The largest absolute Gasteiger partial charge is 0.496 e. The molecule has 1 aliphatic heterocycles. The molecule has 0 amide bonds. The van der Waals surface area contributed by atoms with Crippen molar-refractivity contribution >= 4 is 5.97 Å². The van der Waals surface area contributed by atoms with Crippen molar-refractivity contribution in [3.63, 3.8) is 0 Å². The minimum absolute atomic E-state index is 0.0245. The van der Waals surface area contributed by atoms with Gasteiger partial charge in [-0.15, -0.1) is 0 Å². The molecule has 110 valence electrons. The van der Waals surface area contributed by atoms with Gasteiger partial charge < -0.3 is 19.0 Å². The van der Waals surface area contributed by atoms with E-state index in [4.69, 9.17) is 13.9 Å². The molecular formula is C14H18O6. The number of rotatable bonds is 3. The monoisotopic (exact) mass is 282 g/mol. The summed E-state index contributed by atoms with van der Waals surface area (Å²) in [6, 6.07) is 1.45. The molecule has 1 N–H and O–H groups in total. The van der Waals surface area contributed by atoms with Crippen LogP contribution < -0.4 is 10.4 Å². The second-order valence-corrected chi connectivity index (χ2v) is 5.33. The second kappa shape index (κ2) is 4.94. The van der Waals surface area contributed by atoms with E-state index in [0.717, 1.165) is 0 Å². The predicted octanol–water partition coefficient (Wildman–Crippen LogP) is 1.12. The summed E-state index contributed by atoms with van der Waals surface area (Å²) in [7, 11) is 1.43. The van der Waals surface area contributed by atoms with E-state index in [-0.39, 0.29) is 24.1 Å². The molecule has 0 bridgehead atoms. The Hall–Kier alpha value is -1.82. The van der Waals surface area contributed by atoms with Gasteiger partial charge in [-0.1, -0.05) is 6.92 Å². The van der Waals surface area contributed by atoms with Gasteiger partial charge in [0.1, 0.15) is 17.6 Å². The van der Waals surface area contributed by atoms with Gasteiger partial charge in [0.15, 0.2) is 5.60 Å². The number of esters is 1. The molecule has 3 atom stereocenters. The van der Waals surface area contributed by atoms with Crippen LogP contribution >= 0.6 is 0 Å². The molecule has 6 nitrogen and oxygen atoms in total. The Balaban J connectivity index is 2.46. The summed E-state index contributed by atoms with van der Waals surface area (Å²) in [6.45, 7) is 4.83. The summed E-state index contributed by atoms with van der Waals surface area (Å²) in [5.74, 6) is -0.190. The summed E-state index contributed by atoms with van der Waals surface area (Å²) in [6.07, 6.45) is -0.529. The molecule has 1 saturated heterocycles. The van der Waals surface area contributed by atoms with Crippen molar-refractivity contribution in [2.24, 2.45) is 5.92 Å². The van der Waals surface area contributed by atoms with Crippen LogP contribution in [0.15, 0.2) is 15.3 Å². The Morgan fingerprint density at radius 3 is 2.60 bits per heavy atom. The fraction of sp³-hybridized carbons (Fsp3) is 0.571. The van der Waals surface area contributed by atoms with Gasteiger partial charge in [-0.25, -0.2) is 4.79 Å². The van der Waals surface area contributed by atoms with E-state index < -0.39 is 17.3 Å². The van der Waals surface area contributed by atoms with Crippen LogP contribution in [-0.2, 0) is 15.1 Å². The van der Waals surface area contributed by atoms with Gasteiger partial charge in [0.2, 0.25) is 0 Å². The van der Waals surface area contributed by atoms with Crippen LogP contribution in [0.25, 0.3) is 0 Å². The van der Waals surface area contributed by atoms with E-state index in [1.54, 1.807) is 13.8 Å². The minimum Gasteiger partial charge on any atom is -0.496 e. The minimum atomic E-state index is -1.59. The molecule has 2 rings (SSSR count). The van der Waals surface area contributed by atoms with Gasteiger partial charge in [0.05, 0.1) is 19.1 Å². The molecule has 0 aliphatic carbocycles. The maximum atomic E-state index is 11.8. The van der Waals surface area contributed by atoms with Crippen LogP contribution in [0, 0.1) is 12.8 Å². The normalized spacial score (nSPS) is 25.1. The van der Waals surface area contributed by atoms with Gasteiger partial charge in [-0.05, 0) is 13.8 Å². The SMILES string of the molecule is COc1cc([C@](C)(O)[C@@H]2OC(=O)C[C@@H]2C)oc(=O)c1C. The van der Waals surface area contributed by atoms with Crippen molar-refractivity contribution in [1.29, 1.82) is 0 Å². The highest BCUT2D eigenvalue weighted by Gasteiger charge is 2.47. The summed E-state index contributed by atoms with van der Waals surface area (Å²) in [4.78, 5) is 23.1. The first kappa shape index (κ1) is 14.6. The zero-order valence-corrected chi connectivity index (χ0v) is 11.9. The van der Waals surface area contributed by atoms with Crippen LogP contribution in [0.5, 0.6) is 5.75 Å². The molecule has 0 spiro atoms. The second-order valence-electron chi connectivity index (χ2n) is 5.33. The third kappa shape index (κ3) is 2.31. The first-order valence-corrected chi connectivity index (χ1v) is 6.38. The number of cyclic esters (lactones) is 1. The Morgan fingerprint density at radius 1 is 1.45 bits per heavy atom. The number of hydrogen-bond donors (Lipinski definition) is 1. The molecule has 1 fully saturated rings. The number of carbonyl (C=O) groups excluding carboxylic acids is 1. The molecule has 1 aromatic rings. The highest BCUT2D eigenvalue weighted by molar-refractivity contribution is 5.72. The van der Waals surface area contributed by atoms with E-state index in [0.29, 0.717) is 11.3 Å². The van der Waals surface area contributed by atoms with Crippen LogP contribution in [0.3, 0.4) is 0 Å². The highest BCUT2D eigenvalue weighted by atomic mass is 16.6. The third-order valence-electron chi connectivity index (χ3n) is 3.68. The average Bonchev–Trinajstić information content (AvgIpc) is 2.72. The summed E-state index contributed by atoms with van der Waals surface area (Å²) >= 11 is 0. The van der Waals surface area contributed by atoms with E-state index >= 15 is 0 Å². The molecule has 1 aliphatic rings. The van der Waals surface area contributed by atoms with E-state index in [9.17, 15) is 14.7 Å². The van der Waals surface area contributed by atoms with Crippen molar-refractivity contribution in [1.82, 2.24) is 0 Å². The molecule has 0 saturated carbocycles.